The molecule has 7 heteroatoms. The molecule has 0 aliphatic carbocycles. The third kappa shape index (κ3) is 5.53. The fourth-order valence-electron chi connectivity index (χ4n) is 3.85. The molecule has 1 aromatic heterocycles. The van der Waals surface area contributed by atoms with Crippen LogP contribution in [-0.2, 0) is 12.8 Å². The van der Waals surface area contributed by atoms with Crippen molar-refractivity contribution in [3.63, 3.8) is 0 Å². The highest BCUT2D eigenvalue weighted by Crippen LogP contribution is 2.35. The summed E-state index contributed by atoms with van der Waals surface area (Å²) in [5.74, 6) is 2.18. The van der Waals surface area contributed by atoms with Crippen molar-refractivity contribution in [2.75, 3.05) is 33.9 Å². The minimum Gasteiger partial charge on any atom is -0.493 e. The number of fused-ring (bicyclic) bond motifs is 1. The Balaban J connectivity index is 1.54. The van der Waals surface area contributed by atoms with Gasteiger partial charge in [0.25, 0.3) is 0 Å². The number of aromatic nitrogens is 1. The van der Waals surface area contributed by atoms with Crippen LogP contribution in [0.1, 0.15) is 35.7 Å². The third-order valence-corrected chi connectivity index (χ3v) is 5.46. The van der Waals surface area contributed by atoms with Crippen LogP contribution < -0.4 is 19.5 Å². The van der Waals surface area contributed by atoms with E-state index in [1.807, 2.05) is 38.1 Å². The van der Waals surface area contributed by atoms with Crippen LogP contribution in [0.15, 0.2) is 28.8 Å². The molecule has 0 saturated heterocycles. The van der Waals surface area contributed by atoms with Crippen LogP contribution in [-0.4, -0.2) is 50.3 Å². The van der Waals surface area contributed by atoms with Gasteiger partial charge < -0.3 is 29.2 Å². The molecule has 0 spiro atoms. The van der Waals surface area contributed by atoms with Crippen LogP contribution in [0.25, 0.3) is 11.0 Å². The quantitative estimate of drug-likeness (QED) is 0.410. The fraction of sp³-hybridized carbons (Fsp3) is 0.480. The zero-order valence-electron chi connectivity index (χ0n) is 19.7. The summed E-state index contributed by atoms with van der Waals surface area (Å²) in [5.41, 5.74) is 4.86. The van der Waals surface area contributed by atoms with Gasteiger partial charge in [-0.2, -0.15) is 0 Å². The van der Waals surface area contributed by atoms with Crippen LogP contribution >= 0.6 is 0 Å². The zero-order valence-corrected chi connectivity index (χ0v) is 19.7. The van der Waals surface area contributed by atoms with Crippen LogP contribution in [0.2, 0.25) is 0 Å². The summed E-state index contributed by atoms with van der Waals surface area (Å²) in [4.78, 5) is 0. The number of methoxy groups -OCH3 is 2. The van der Waals surface area contributed by atoms with Crippen molar-refractivity contribution in [3.05, 3.63) is 46.6 Å². The first kappa shape index (κ1) is 23.9. The first-order valence-electron chi connectivity index (χ1n) is 11.1. The molecule has 1 atom stereocenters. The number of aliphatic hydroxyl groups excluding tert-OH is 1. The Morgan fingerprint density at radius 3 is 2.56 bits per heavy atom. The van der Waals surface area contributed by atoms with Gasteiger partial charge in [0.05, 0.1) is 25.3 Å². The van der Waals surface area contributed by atoms with E-state index in [1.165, 1.54) is 0 Å². The van der Waals surface area contributed by atoms with Gasteiger partial charge in [0.1, 0.15) is 18.5 Å². The van der Waals surface area contributed by atoms with Crippen molar-refractivity contribution >= 4 is 11.0 Å². The number of nitrogens with zero attached hydrogens (tertiary/aromatic N) is 1. The van der Waals surface area contributed by atoms with Crippen LogP contribution in [0, 0.1) is 13.8 Å². The first-order chi connectivity index (χ1) is 15.5. The predicted molar refractivity (Wildman–Crippen MR) is 125 cm³/mol. The number of nitrogens with one attached hydrogen (secondary N) is 1. The maximum Gasteiger partial charge on any atom is 0.173 e. The topological polar surface area (TPSA) is 86.0 Å². The van der Waals surface area contributed by atoms with Crippen molar-refractivity contribution in [1.82, 2.24) is 10.5 Å². The van der Waals surface area contributed by atoms with Gasteiger partial charge in [-0.15, -0.1) is 0 Å². The average molecular weight is 443 g/mol. The summed E-state index contributed by atoms with van der Waals surface area (Å²) in [6.07, 6.45) is 1.98. The van der Waals surface area contributed by atoms with Gasteiger partial charge in [-0.1, -0.05) is 24.6 Å². The maximum absolute atomic E-state index is 10.4. The second-order valence-corrected chi connectivity index (χ2v) is 8.03. The number of rotatable bonds is 12. The van der Waals surface area contributed by atoms with Gasteiger partial charge in [-0.3, -0.25) is 0 Å². The normalized spacial score (nSPS) is 12.2. The molecule has 0 bridgehead atoms. The summed E-state index contributed by atoms with van der Waals surface area (Å²) < 4.78 is 22.2. The average Bonchev–Trinajstić information content (AvgIpc) is 3.20. The lowest BCUT2D eigenvalue weighted by atomic mass is 10.0. The maximum atomic E-state index is 10.4. The molecule has 0 amide bonds. The molecule has 2 aromatic carbocycles. The summed E-state index contributed by atoms with van der Waals surface area (Å²) >= 11 is 0. The Labute approximate surface area is 189 Å². The summed E-state index contributed by atoms with van der Waals surface area (Å²) in [6.45, 7) is 7.50. The van der Waals surface area contributed by atoms with E-state index in [0.29, 0.717) is 12.3 Å². The Morgan fingerprint density at radius 1 is 1.06 bits per heavy atom. The molecule has 0 radical (unpaired) electrons. The molecular weight excluding hydrogens is 408 g/mol. The predicted octanol–water partition coefficient (Wildman–Crippen LogP) is 3.99. The number of aryl methyl sites for hydroxylation is 3. The Bertz CT molecular complexity index is 1030. The molecule has 0 aliphatic rings. The minimum atomic E-state index is -0.634. The molecule has 0 aliphatic heterocycles. The molecule has 0 fully saturated rings. The smallest absolute Gasteiger partial charge is 0.173 e. The van der Waals surface area contributed by atoms with E-state index in [9.17, 15) is 5.11 Å². The third-order valence-electron chi connectivity index (χ3n) is 5.46. The molecular formula is C25H34N2O5. The lowest BCUT2D eigenvalue weighted by molar-refractivity contribution is 0.107. The van der Waals surface area contributed by atoms with Gasteiger partial charge in [-0.25, -0.2) is 0 Å². The number of aliphatic hydroxyl groups is 1. The van der Waals surface area contributed by atoms with E-state index < -0.39 is 6.10 Å². The van der Waals surface area contributed by atoms with E-state index in [-0.39, 0.29) is 6.61 Å². The molecule has 1 unspecified atom stereocenters. The van der Waals surface area contributed by atoms with Crippen molar-refractivity contribution in [2.24, 2.45) is 0 Å². The minimum absolute atomic E-state index is 0.194. The standard InChI is InChI=1S/C25H34N2O5/c1-6-7-20-23-24(16(2)12-17(3)25(23)32-27-20)31-15-19(28)14-26-11-10-18-8-9-21(29-4)22(13-18)30-5/h8-9,12-13,19,26,28H,6-7,10-11,14-15H2,1-5H3. The SMILES string of the molecule is CCCc1noc2c(C)cc(C)c(OCC(O)CNCCc3ccc(OC)c(OC)c3)c12. The highest BCUT2D eigenvalue weighted by molar-refractivity contribution is 5.90. The highest BCUT2D eigenvalue weighted by atomic mass is 16.5. The van der Waals surface area contributed by atoms with E-state index in [2.05, 4.69) is 17.4 Å². The van der Waals surface area contributed by atoms with Crippen LogP contribution in [0.3, 0.4) is 0 Å². The van der Waals surface area contributed by atoms with E-state index in [4.69, 9.17) is 18.7 Å². The lowest BCUT2D eigenvalue weighted by Gasteiger charge is -2.16. The highest BCUT2D eigenvalue weighted by Gasteiger charge is 2.19. The summed E-state index contributed by atoms with van der Waals surface area (Å²) in [5, 5.41) is 18.9. The van der Waals surface area contributed by atoms with E-state index in [1.54, 1.807) is 14.2 Å². The summed E-state index contributed by atoms with van der Waals surface area (Å²) in [6, 6.07) is 7.92. The molecule has 1 heterocycles. The molecule has 0 saturated carbocycles. The van der Waals surface area contributed by atoms with Crippen LogP contribution in [0.4, 0.5) is 0 Å². The second-order valence-electron chi connectivity index (χ2n) is 8.03. The second kappa shape index (κ2) is 11.2. The Kier molecular flexibility index (Phi) is 8.36. The van der Waals surface area contributed by atoms with Crippen molar-refractivity contribution in [1.29, 1.82) is 0 Å². The zero-order chi connectivity index (χ0) is 23.1. The number of hydrogen-bond acceptors (Lipinski definition) is 7. The number of ether oxygens (including phenoxy) is 3. The van der Waals surface area contributed by atoms with Gasteiger partial charge in [-0.05, 0) is 68.1 Å². The molecule has 2 N–H and O–H groups in total. The molecule has 3 aromatic rings. The molecule has 3 rings (SSSR count). The number of benzene rings is 2. The van der Waals surface area contributed by atoms with Gasteiger partial charge in [0.2, 0.25) is 0 Å². The molecule has 32 heavy (non-hydrogen) atoms. The molecule has 7 nitrogen and oxygen atoms in total. The molecule has 174 valence electrons. The van der Waals surface area contributed by atoms with Crippen molar-refractivity contribution in [3.8, 4) is 17.2 Å². The summed E-state index contributed by atoms with van der Waals surface area (Å²) in [7, 11) is 3.25. The van der Waals surface area contributed by atoms with Crippen molar-refractivity contribution < 1.29 is 23.8 Å². The number of hydrogen-bond donors (Lipinski definition) is 2. The Morgan fingerprint density at radius 2 is 1.84 bits per heavy atom. The van der Waals surface area contributed by atoms with Gasteiger partial charge in [0.15, 0.2) is 17.1 Å². The Hall–Kier alpha value is -2.77. The van der Waals surface area contributed by atoms with Gasteiger partial charge >= 0.3 is 0 Å². The largest absolute Gasteiger partial charge is 0.493 e. The van der Waals surface area contributed by atoms with Gasteiger partial charge in [0, 0.05) is 6.54 Å². The fourth-order valence-corrected chi connectivity index (χ4v) is 3.85. The van der Waals surface area contributed by atoms with Crippen LogP contribution in [0.5, 0.6) is 17.2 Å². The first-order valence-corrected chi connectivity index (χ1v) is 11.1. The van der Waals surface area contributed by atoms with Crippen molar-refractivity contribution in [2.45, 2.75) is 46.1 Å². The monoisotopic (exact) mass is 442 g/mol. The lowest BCUT2D eigenvalue weighted by Crippen LogP contribution is -2.32. The van der Waals surface area contributed by atoms with E-state index in [0.717, 1.165) is 70.7 Å². The van der Waals surface area contributed by atoms with E-state index >= 15 is 0 Å².